The maximum Gasteiger partial charge on any atom is 0.338 e. The normalized spacial score (nSPS) is 15.1. The number of imide groups is 2. The van der Waals surface area contributed by atoms with E-state index >= 15 is 0 Å². The second-order valence-corrected chi connectivity index (χ2v) is 5.32. The molecule has 2 rings (SSSR count). The Morgan fingerprint density at radius 3 is 2.35 bits per heavy atom. The summed E-state index contributed by atoms with van der Waals surface area (Å²) in [7, 11) is 0. The van der Waals surface area contributed by atoms with Gasteiger partial charge in [-0.1, -0.05) is 13.3 Å². The average Bonchev–Trinajstić information content (AvgIpc) is 2.48. The third-order valence-electron chi connectivity index (χ3n) is 3.46. The molecule has 5 amide bonds. The molecule has 1 aromatic rings. The highest BCUT2D eigenvalue weighted by Crippen LogP contribution is 2.23. The standard InChI is InChI=1S/C16H19N3O4/c1-3-4-9-18-14(21)10-15(22)19(16(18)23)13-7-5-12(6-8-13)17-11(2)20/h5-8H,3-4,9-10H2,1-2H3,(H,17,20). The van der Waals surface area contributed by atoms with E-state index in [1.165, 1.54) is 6.92 Å². The van der Waals surface area contributed by atoms with Crippen LogP contribution in [0.1, 0.15) is 33.1 Å². The first-order chi connectivity index (χ1) is 10.9. The summed E-state index contributed by atoms with van der Waals surface area (Å²) in [4.78, 5) is 49.6. The number of carbonyl (C=O) groups is 4. The van der Waals surface area contributed by atoms with Crippen LogP contribution in [0.25, 0.3) is 0 Å². The highest BCUT2D eigenvalue weighted by atomic mass is 16.2. The predicted octanol–water partition coefficient (Wildman–Crippen LogP) is 2.13. The van der Waals surface area contributed by atoms with Crippen molar-refractivity contribution in [2.75, 3.05) is 16.8 Å². The first kappa shape index (κ1) is 16.7. The zero-order valence-electron chi connectivity index (χ0n) is 13.2. The van der Waals surface area contributed by atoms with Crippen molar-refractivity contribution < 1.29 is 19.2 Å². The Hall–Kier alpha value is -2.70. The molecule has 0 aromatic heterocycles. The van der Waals surface area contributed by atoms with Crippen molar-refractivity contribution in [3.05, 3.63) is 24.3 Å². The number of amides is 5. The maximum atomic E-state index is 12.5. The molecule has 1 saturated heterocycles. The number of hydrogen-bond donors (Lipinski definition) is 1. The van der Waals surface area contributed by atoms with Gasteiger partial charge in [-0.15, -0.1) is 0 Å². The molecule has 0 unspecified atom stereocenters. The lowest BCUT2D eigenvalue weighted by Crippen LogP contribution is -2.55. The minimum absolute atomic E-state index is 0.209. The summed E-state index contributed by atoms with van der Waals surface area (Å²) in [5.41, 5.74) is 0.945. The highest BCUT2D eigenvalue weighted by molar-refractivity contribution is 6.26. The van der Waals surface area contributed by atoms with E-state index in [1.54, 1.807) is 24.3 Å². The molecule has 0 bridgehead atoms. The molecule has 0 saturated carbocycles. The van der Waals surface area contributed by atoms with Gasteiger partial charge in [0.25, 0.3) is 0 Å². The smallest absolute Gasteiger partial charge is 0.326 e. The lowest BCUT2D eigenvalue weighted by molar-refractivity contribution is -0.134. The van der Waals surface area contributed by atoms with Crippen molar-refractivity contribution in [3.63, 3.8) is 0 Å². The summed E-state index contributed by atoms with van der Waals surface area (Å²) in [6.45, 7) is 3.66. The highest BCUT2D eigenvalue weighted by Gasteiger charge is 2.38. The quantitative estimate of drug-likeness (QED) is 0.843. The minimum Gasteiger partial charge on any atom is -0.326 e. The lowest BCUT2D eigenvalue weighted by Gasteiger charge is -2.32. The number of hydrogen-bond acceptors (Lipinski definition) is 4. The Morgan fingerprint density at radius 1 is 1.13 bits per heavy atom. The number of urea groups is 1. The summed E-state index contributed by atoms with van der Waals surface area (Å²) < 4.78 is 0. The van der Waals surface area contributed by atoms with Crippen molar-refractivity contribution in [2.45, 2.75) is 33.1 Å². The molecule has 1 aromatic carbocycles. The van der Waals surface area contributed by atoms with Gasteiger partial charge >= 0.3 is 6.03 Å². The molecule has 0 aliphatic carbocycles. The third kappa shape index (κ3) is 3.74. The summed E-state index contributed by atoms with van der Waals surface area (Å²) in [5.74, 6) is -1.21. The van der Waals surface area contributed by atoms with Crippen molar-refractivity contribution in [1.29, 1.82) is 0 Å². The van der Waals surface area contributed by atoms with Crippen LogP contribution in [0.5, 0.6) is 0 Å². The number of unbranched alkanes of at least 4 members (excludes halogenated alkanes) is 1. The van der Waals surface area contributed by atoms with Crippen LogP contribution in [-0.4, -0.2) is 35.2 Å². The number of nitrogens with one attached hydrogen (secondary N) is 1. The molecule has 0 atom stereocenters. The van der Waals surface area contributed by atoms with E-state index in [2.05, 4.69) is 5.32 Å². The van der Waals surface area contributed by atoms with Gasteiger partial charge in [-0.3, -0.25) is 19.3 Å². The molecule has 1 aliphatic rings. The number of rotatable bonds is 5. The Kier molecular flexibility index (Phi) is 5.10. The van der Waals surface area contributed by atoms with Gasteiger partial charge in [0, 0.05) is 19.2 Å². The molecule has 0 spiro atoms. The van der Waals surface area contributed by atoms with Crippen LogP contribution in [0.15, 0.2) is 24.3 Å². The largest absolute Gasteiger partial charge is 0.338 e. The third-order valence-corrected chi connectivity index (χ3v) is 3.46. The van der Waals surface area contributed by atoms with Gasteiger partial charge in [-0.2, -0.15) is 0 Å². The second kappa shape index (κ2) is 7.04. The first-order valence-corrected chi connectivity index (χ1v) is 7.49. The number of barbiturate groups is 1. The molecule has 7 nitrogen and oxygen atoms in total. The Morgan fingerprint density at radius 2 is 1.78 bits per heavy atom. The van der Waals surface area contributed by atoms with E-state index in [4.69, 9.17) is 0 Å². The van der Waals surface area contributed by atoms with Gasteiger partial charge in [0.1, 0.15) is 6.42 Å². The molecular weight excluding hydrogens is 298 g/mol. The van der Waals surface area contributed by atoms with Gasteiger partial charge in [0.2, 0.25) is 17.7 Å². The Bertz CT molecular complexity index is 639. The van der Waals surface area contributed by atoms with Gasteiger partial charge in [0.15, 0.2) is 0 Å². The maximum absolute atomic E-state index is 12.5. The van der Waals surface area contributed by atoms with E-state index < -0.39 is 17.8 Å². The zero-order chi connectivity index (χ0) is 17.0. The van der Waals surface area contributed by atoms with Crippen molar-refractivity contribution in [3.8, 4) is 0 Å². The van der Waals surface area contributed by atoms with Gasteiger partial charge < -0.3 is 5.32 Å². The van der Waals surface area contributed by atoms with Crippen molar-refractivity contribution >= 4 is 35.1 Å². The minimum atomic E-state index is -0.619. The fraction of sp³-hybridized carbons (Fsp3) is 0.375. The van der Waals surface area contributed by atoms with Crippen molar-refractivity contribution in [1.82, 2.24) is 4.90 Å². The molecule has 0 radical (unpaired) electrons. The topological polar surface area (TPSA) is 86.8 Å². The van der Waals surface area contributed by atoms with E-state index in [0.29, 0.717) is 24.3 Å². The number of benzene rings is 1. The first-order valence-electron chi connectivity index (χ1n) is 7.49. The SMILES string of the molecule is CCCCN1C(=O)CC(=O)N(c2ccc(NC(C)=O)cc2)C1=O. The Balaban J connectivity index is 2.22. The number of nitrogens with zero attached hydrogens (tertiary/aromatic N) is 2. The monoisotopic (exact) mass is 317 g/mol. The molecule has 23 heavy (non-hydrogen) atoms. The molecule has 1 fully saturated rings. The van der Waals surface area contributed by atoms with Crippen LogP contribution in [0.3, 0.4) is 0 Å². The van der Waals surface area contributed by atoms with Crippen LogP contribution in [-0.2, 0) is 14.4 Å². The van der Waals surface area contributed by atoms with E-state index in [1.807, 2.05) is 6.92 Å². The second-order valence-electron chi connectivity index (χ2n) is 5.32. The predicted molar refractivity (Wildman–Crippen MR) is 84.9 cm³/mol. The fourth-order valence-electron chi connectivity index (χ4n) is 2.33. The molecule has 122 valence electrons. The summed E-state index contributed by atoms with van der Waals surface area (Å²) in [5, 5.41) is 2.61. The van der Waals surface area contributed by atoms with Crippen LogP contribution >= 0.6 is 0 Å². The molecule has 7 heteroatoms. The van der Waals surface area contributed by atoms with E-state index in [9.17, 15) is 19.2 Å². The van der Waals surface area contributed by atoms with Crippen LogP contribution in [0, 0.1) is 0 Å². The van der Waals surface area contributed by atoms with E-state index in [-0.39, 0.29) is 12.3 Å². The molecule has 1 heterocycles. The molecule has 1 aliphatic heterocycles. The van der Waals surface area contributed by atoms with Gasteiger partial charge in [0.05, 0.1) is 5.69 Å². The average molecular weight is 317 g/mol. The summed E-state index contributed by atoms with van der Waals surface area (Å²) >= 11 is 0. The zero-order valence-corrected chi connectivity index (χ0v) is 13.2. The number of anilines is 2. The van der Waals surface area contributed by atoms with Crippen LogP contribution < -0.4 is 10.2 Å². The van der Waals surface area contributed by atoms with Crippen LogP contribution in [0.4, 0.5) is 16.2 Å². The summed E-state index contributed by atoms with van der Waals surface area (Å²) in [6, 6.07) is 5.71. The number of carbonyl (C=O) groups excluding carboxylic acids is 4. The van der Waals surface area contributed by atoms with Crippen LogP contribution in [0.2, 0.25) is 0 Å². The fourth-order valence-corrected chi connectivity index (χ4v) is 2.33. The molecular formula is C16H19N3O4. The Labute approximate surface area is 134 Å². The summed E-state index contributed by atoms with van der Waals surface area (Å²) in [6.07, 6.45) is 1.22. The van der Waals surface area contributed by atoms with Gasteiger partial charge in [-0.25, -0.2) is 9.69 Å². The lowest BCUT2D eigenvalue weighted by atomic mass is 10.2. The van der Waals surface area contributed by atoms with E-state index in [0.717, 1.165) is 16.2 Å². The van der Waals surface area contributed by atoms with Gasteiger partial charge in [-0.05, 0) is 30.7 Å². The molecule has 1 N–H and O–H groups in total. The van der Waals surface area contributed by atoms with Crippen molar-refractivity contribution in [2.24, 2.45) is 0 Å².